The first-order chi connectivity index (χ1) is 17.3. The fraction of sp³-hybridized carbons (Fsp3) is 0.231. The van der Waals surface area contributed by atoms with Crippen LogP contribution in [0.5, 0.6) is 0 Å². The van der Waals surface area contributed by atoms with Crippen molar-refractivity contribution in [2.45, 2.75) is 27.3 Å². The number of nitrogens with two attached hydrogens (primary N) is 1. The Morgan fingerprint density at radius 1 is 1.06 bits per heavy atom. The van der Waals surface area contributed by atoms with Gasteiger partial charge in [-0.05, 0) is 38.5 Å². The van der Waals surface area contributed by atoms with Gasteiger partial charge in [0.15, 0.2) is 0 Å². The molecule has 1 amide bonds. The number of aryl methyl sites for hydroxylation is 1. The Morgan fingerprint density at radius 3 is 2.33 bits per heavy atom. The number of hydrogen-bond donors (Lipinski definition) is 3. The highest BCUT2D eigenvalue weighted by molar-refractivity contribution is 5.95. The van der Waals surface area contributed by atoms with Gasteiger partial charge in [0, 0.05) is 6.54 Å². The van der Waals surface area contributed by atoms with Crippen molar-refractivity contribution in [2.24, 2.45) is 0 Å². The van der Waals surface area contributed by atoms with Gasteiger partial charge in [0.05, 0.1) is 35.9 Å². The van der Waals surface area contributed by atoms with Crippen LogP contribution in [0.1, 0.15) is 23.9 Å². The second kappa shape index (κ2) is 10.3. The number of nitrogens with zero attached hydrogens (tertiary/aromatic N) is 4. The van der Waals surface area contributed by atoms with E-state index in [4.69, 9.17) is 5.73 Å². The Labute approximate surface area is 208 Å². The number of rotatable bonds is 8. The summed E-state index contributed by atoms with van der Waals surface area (Å²) in [5.74, 6) is -0.332. The molecular weight excluding hydrogens is 458 g/mol. The average Bonchev–Trinajstić information content (AvgIpc) is 3.15. The molecule has 0 radical (unpaired) electrons. The Morgan fingerprint density at radius 2 is 1.69 bits per heavy atom. The molecule has 4 N–H and O–H groups in total. The molecule has 4 aromatic rings. The van der Waals surface area contributed by atoms with Crippen molar-refractivity contribution < 1.29 is 4.79 Å². The summed E-state index contributed by atoms with van der Waals surface area (Å²) in [5, 5.41) is 7.48. The first-order valence-corrected chi connectivity index (χ1v) is 11.6. The molecule has 4 rings (SSSR count). The Balaban J connectivity index is 1.59. The lowest BCUT2D eigenvalue weighted by atomic mass is 10.2. The SMILES string of the molecule is CCN(CC(=O)Nc1c(C)nn(-c2ccccc2)c1C)c1c(N)n(Cc2ccccc2)c(=O)[nH]c1=O. The van der Waals surface area contributed by atoms with E-state index in [-0.39, 0.29) is 30.5 Å². The number of H-pyrrole nitrogens is 1. The molecule has 36 heavy (non-hydrogen) atoms. The summed E-state index contributed by atoms with van der Waals surface area (Å²) in [6.45, 7) is 5.89. The van der Waals surface area contributed by atoms with Crippen molar-refractivity contribution in [3.63, 3.8) is 0 Å². The maximum Gasteiger partial charge on any atom is 0.330 e. The third-order valence-corrected chi connectivity index (χ3v) is 5.99. The predicted octanol–water partition coefficient (Wildman–Crippen LogP) is 2.43. The number of hydrogen-bond acceptors (Lipinski definition) is 6. The molecule has 0 atom stereocenters. The second-order valence-corrected chi connectivity index (χ2v) is 8.42. The zero-order valence-corrected chi connectivity index (χ0v) is 20.5. The van der Waals surface area contributed by atoms with Crippen molar-refractivity contribution in [1.29, 1.82) is 0 Å². The standard InChI is InChI=1S/C26H29N7O3/c1-4-31(23-24(27)32(26(36)29-25(23)35)15-19-11-7-5-8-12-19)16-21(34)28-22-17(2)30-33(18(22)3)20-13-9-6-10-14-20/h5-14H,4,15-16,27H2,1-3H3,(H,28,34)(H,29,35,36). The van der Waals surface area contributed by atoms with Crippen LogP contribution in [0.2, 0.25) is 0 Å². The minimum absolute atomic E-state index is 0.00603. The van der Waals surface area contributed by atoms with Crippen LogP contribution in [0.15, 0.2) is 70.3 Å². The molecule has 186 valence electrons. The third kappa shape index (κ3) is 4.92. The van der Waals surface area contributed by atoms with E-state index in [2.05, 4.69) is 15.4 Å². The average molecular weight is 488 g/mol. The molecule has 2 heterocycles. The van der Waals surface area contributed by atoms with Crippen LogP contribution in [0.25, 0.3) is 5.69 Å². The molecule has 10 heteroatoms. The van der Waals surface area contributed by atoms with Gasteiger partial charge in [-0.2, -0.15) is 5.10 Å². The number of carbonyl (C=O) groups excluding carboxylic acids is 1. The second-order valence-electron chi connectivity index (χ2n) is 8.42. The highest BCUT2D eigenvalue weighted by atomic mass is 16.2. The molecular formula is C26H29N7O3. The Bertz CT molecular complexity index is 1490. The number of aromatic amines is 1. The van der Waals surface area contributed by atoms with E-state index in [1.165, 1.54) is 4.57 Å². The van der Waals surface area contributed by atoms with Crippen molar-refractivity contribution in [1.82, 2.24) is 19.3 Å². The fourth-order valence-corrected chi connectivity index (χ4v) is 4.15. The monoisotopic (exact) mass is 487 g/mol. The zero-order chi connectivity index (χ0) is 25.8. The predicted molar refractivity (Wildman–Crippen MR) is 141 cm³/mol. The van der Waals surface area contributed by atoms with Crippen LogP contribution in [0.4, 0.5) is 17.2 Å². The molecule has 0 aliphatic rings. The van der Waals surface area contributed by atoms with Crippen molar-refractivity contribution in [2.75, 3.05) is 29.0 Å². The van der Waals surface area contributed by atoms with E-state index in [1.54, 1.807) is 9.58 Å². The number of nitrogens with one attached hydrogen (secondary N) is 2. The van der Waals surface area contributed by atoms with Gasteiger partial charge in [0.25, 0.3) is 5.56 Å². The molecule has 0 aliphatic heterocycles. The zero-order valence-electron chi connectivity index (χ0n) is 20.5. The lowest BCUT2D eigenvalue weighted by Crippen LogP contribution is -2.41. The molecule has 0 saturated heterocycles. The van der Waals surface area contributed by atoms with Crippen LogP contribution in [-0.4, -0.2) is 38.3 Å². The molecule has 0 fully saturated rings. The number of anilines is 3. The number of carbonyl (C=O) groups is 1. The topological polar surface area (TPSA) is 131 Å². The number of aromatic nitrogens is 4. The van der Waals surface area contributed by atoms with Crippen LogP contribution in [0, 0.1) is 13.8 Å². The fourth-order valence-electron chi connectivity index (χ4n) is 4.15. The number of para-hydroxylation sites is 1. The minimum Gasteiger partial charge on any atom is -0.383 e. The molecule has 0 bridgehead atoms. The van der Waals surface area contributed by atoms with Gasteiger partial charge in [0.2, 0.25) is 5.91 Å². The van der Waals surface area contributed by atoms with Crippen molar-refractivity contribution in [3.8, 4) is 5.69 Å². The summed E-state index contributed by atoms with van der Waals surface area (Å²) < 4.78 is 3.07. The third-order valence-electron chi connectivity index (χ3n) is 5.99. The smallest absolute Gasteiger partial charge is 0.330 e. The first kappa shape index (κ1) is 24.5. The normalized spacial score (nSPS) is 10.9. The summed E-state index contributed by atoms with van der Waals surface area (Å²) in [7, 11) is 0. The van der Waals surface area contributed by atoms with Gasteiger partial charge in [-0.1, -0.05) is 48.5 Å². The van der Waals surface area contributed by atoms with E-state index in [9.17, 15) is 14.4 Å². The largest absolute Gasteiger partial charge is 0.383 e. The summed E-state index contributed by atoms with van der Waals surface area (Å²) in [5.41, 5.74) is 8.94. The van der Waals surface area contributed by atoms with Gasteiger partial charge in [-0.3, -0.25) is 19.1 Å². The maximum atomic E-state index is 13.1. The lowest BCUT2D eigenvalue weighted by molar-refractivity contribution is -0.115. The van der Waals surface area contributed by atoms with Gasteiger partial charge < -0.3 is 16.0 Å². The van der Waals surface area contributed by atoms with Gasteiger partial charge in [-0.25, -0.2) is 9.48 Å². The van der Waals surface area contributed by atoms with Gasteiger partial charge in [0.1, 0.15) is 11.5 Å². The first-order valence-electron chi connectivity index (χ1n) is 11.6. The summed E-state index contributed by atoms with van der Waals surface area (Å²) >= 11 is 0. The Hall–Kier alpha value is -4.60. The molecule has 2 aromatic heterocycles. The Kier molecular flexibility index (Phi) is 7.05. The van der Waals surface area contributed by atoms with Crippen LogP contribution in [0.3, 0.4) is 0 Å². The molecule has 10 nitrogen and oxygen atoms in total. The number of amides is 1. The maximum absolute atomic E-state index is 13.1. The minimum atomic E-state index is -0.638. The number of nitrogen functional groups attached to an aromatic ring is 1. The van der Waals surface area contributed by atoms with E-state index in [0.717, 1.165) is 16.9 Å². The van der Waals surface area contributed by atoms with E-state index < -0.39 is 11.2 Å². The summed E-state index contributed by atoms with van der Waals surface area (Å²) in [6.07, 6.45) is 0. The molecule has 0 aliphatic carbocycles. The van der Waals surface area contributed by atoms with E-state index in [1.807, 2.05) is 81.4 Å². The quantitative estimate of drug-likeness (QED) is 0.350. The molecule has 0 unspecified atom stereocenters. The number of likely N-dealkylation sites (N-methyl/N-ethyl adjacent to an activating group) is 1. The lowest BCUT2D eigenvalue weighted by Gasteiger charge is -2.24. The highest BCUT2D eigenvalue weighted by Crippen LogP contribution is 2.23. The van der Waals surface area contributed by atoms with Crippen LogP contribution >= 0.6 is 0 Å². The summed E-state index contributed by atoms with van der Waals surface area (Å²) in [4.78, 5) is 42.2. The van der Waals surface area contributed by atoms with E-state index >= 15 is 0 Å². The summed E-state index contributed by atoms with van der Waals surface area (Å²) in [6, 6.07) is 18.9. The van der Waals surface area contributed by atoms with Gasteiger partial charge >= 0.3 is 5.69 Å². The van der Waals surface area contributed by atoms with E-state index in [0.29, 0.717) is 17.9 Å². The molecule has 0 saturated carbocycles. The molecule has 0 spiro atoms. The van der Waals surface area contributed by atoms with Gasteiger partial charge in [-0.15, -0.1) is 0 Å². The molecule has 2 aromatic carbocycles. The van der Waals surface area contributed by atoms with Crippen molar-refractivity contribution in [3.05, 3.63) is 98.5 Å². The van der Waals surface area contributed by atoms with Crippen LogP contribution < -0.4 is 27.2 Å². The van der Waals surface area contributed by atoms with Crippen LogP contribution in [-0.2, 0) is 11.3 Å². The highest BCUT2D eigenvalue weighted by Gasteiger charge is 2.22. The van der Waals surface area contributed by atoms with Crippen molar-refractivity contribution >= 4 is 23.1 Å². The number of benzene rings is 2.